The van der Waals surface area contributed by atoms with Gasteiger partial charge in [0.15, 0.2) is 0 Å². The quantitative estimate of drug-likeness (QED) is 0.0484. The van der Waals surface area contributed by atoms with Crippen molar-refractivity contribution in [3.05, 3.63) is 290 Å². The molecule has 0 spiro atoms. The van der Waals surface area contributed by atoms with E-state index in [2.05, 4.69) is 233 Å². The van der Waals surface area contributed by atoms with Crippen molar-refractivity contribution in [1.29, 1.82) is 0 Å². The van der Waals surface area contributed by atoms with Crippen molar-refractivity contribution in [2.45, 2.75) is 26.3 Å². The summed E-state index contributed by atoms with van der Waals surface area (Å²) in [6, 6.07) is 89.8. The summed E-state index contributed by atoms with van der Waals surface area (Å²) >= 11 is 0. The Kier molecular flexibility index (Phi) is 17.7. The van der Waals surface area contributed by atoms with Gasteiger partial charge >= 0.3 is 0 Å². The second-order valence-corrected chi connectivity index (χ2v) is 21.9. The average Bonchev–Trinajstić information content (AvgIpc) is 1.69. The van der Waals surface area contributed by atoms with Crippen LogP contribution in [0.1, 0.15) is 25.0 Å². The first-order valence-electron chi connectivity index (χ1n) is 30.1. The maximum atomic E-state index is 5.68. The van der Waals surface area contributed by atoms with Crippen LogP contribution in [0.25, 0.3) is 33.4 Å². The maximum absolute atomic E-state index is 5.68. The molecular weight excluding hydrogens is 1110 g/mol. The Morgan fingerprint density at radius 2 is 0.578 bits per heavy atom. The van der Waals surface area contributed by atoms with Crippen LogP contribution in [0, 0.1) is 0 Å². The Labute approximate surface area is 528 Å². The van der Waals surface area contributed by atoms with E-state index in [1.807, 2.05) is 73.7 Å². The Morgan fingerprint density at radius 3 is 0.867 bits per heavy atom. The normalized spacial score (nSPS) is 11.9. The molecule has 1 atom stereocenters. The minimum Gasteiger partial charge on any atom is -0.497 e. The highest BCUT2D eigenvalue weighted by molar-refractivity contribution is 5.87. The Hall–Kier alpha value is -11.1. The average molecular weight is 1190 g/mol. The van der Waals surface area contributed by atoms with Crippen molar-refractivity contribution in [3.63, 3.8) is 0 Å². The summed E-state index contributed by atoms with van der Waals surface area (Å²) in [4.78, 5) is 9.20. The molecule has 0 saturated heterocycles. The first-order valence-corrected chi connectivity index (χ1v) is 30.1. The fourth-order valence-corrected chi connectivity index (χ4v) is 11.9. The molecule has 448 valence electrons. The molecule has 11 aromatic carbocycles. The minimum atomic E-state index is -0.0278. The van der Waals surface area contributed by atoms with Crippen LogP contribution in [0.15, 0.2) is 279 Å². The molecule has 0 radical (unpaired) electrons. The number of benzene rings is 11. The molecule has 0 N–H and O–H groups in total. The van der Waals surface area contributed by atoms with Crippen LogP contribution in [-0.4, -0.2) is 48.7 Å². The highest BCUT2D eigenvalue weighted by Gasteiger charge is 2.25. The lowest BCUT2D eigenvalue weighted by Crippen LogP contribution is -2.26. The van der Waals surface area contributed by atoms with E-state index in [1.54, 1.807) is 42.7 Å². The highest BCUT2D eigenvalue weighted by atomic mass is 16.5. The summed E-state index contributed by atoms with van der Waals surface area (Å²) in [5, 5.41) is 0. The summed E-state index contributed by atoms with van der Waals surface area (Å²) in [5.74, 6) is 4.83. The zero-order chi connectivity index (χ0) is 62.1. The maximum Gasteiger partial charge on any atom is 0.119 e. The molecule has 1 aliphatic rings. The lowest BCUT2D eigenvalue weighted by Gasteiger charge is -2.30. The van der Waals surface area contributed by atoms with E-state index in [4.69, 9.17) is 28.4 Å². The van der Waals surface area contributed by atoms with Gasteiger partial charge in [-0.25, -0.2) is 0 Å². The number of hydrogen-bond donors (Lipinski definition) is 0. The number of ether oxygens (including phenoxy) is 6. The molecule has 1 unspecified atom stereocenters. The summed E-state index contributed by atoms with van der Waals surface area (Å²) < 4.78 is 33.3. The van der Waals surface area contributed by atoms with Crippen LogP contribution in [0.3, 0.4) is 0 Å². The fourth-order valence-electron chi connectivity index (χ4n) is 11.9. The molecule has 12 rings (SSSR count). The van der Waals surface area contributed by atoms with Gasteiger partial charge in [0, 0.05) is 68.6 Å². The third-order valence-electron chi connectivity index (χ3n) is 16.7. The molecule has 10 heteroatoms. The van der Waals surface area contributed by atoms with E-state index < -0.39 is 0 Å². The third kappa shape index (κ3) is 12.5. The molecule has 0 heterocycles. The molecule has 0 amide bonds. The van der Waals surface area contributed by atoms with Crippen LogP contribution in [0.2, 0.25) is 0 Å². The zero-order valence-electron chi connectivity index (χ0n) is 52.0. The van der Waals surface area contributed by atoms with Gasteiger partial charge in [-0.1, -0.05) is 66.7 Å². The smallest absolute Gasteiger partial charge is 0.119 e. The summed E-state index contributed by atoms with van der Waals surface area (Å²) in [5.41, 5.74) is 21.0. The van der Waals surface area contributed by atoms with E-state index >= 15 is 0 Å². The predicted molar refractivity (Wildman–Crippen MR) is 370 cm³/mol. The van der Waals surface area contributed by atoms with E-state index in [-0.39, 0.29) is 6.04 Å². The van der Waals surface area contributed by atoms with Crippen molar-refractivity contribution < 1.29 is 28.4 Å². The van der Waals surface area contributed by atoms with Crippen molar-refractivity contribution in [2.75, 3.05) is 62.3 Å². The van der Waals surface area contributed by atoms with E-state index in [0.717, 1.165) is 126 Å². The second kappa shape index (κ2) is 26.9. The highest BCUT2D eigenvalue weighted by Crippen LogP contribution is 2.46. The molecule has 90 heavy (non-hydrogen) atoms. The van der Waals surface area contributed by atoms with Crippen molar-refractivity contribution >= 4 is 62.6 Å². The van der Waals surface area contributed by atoms with Crippen molar-refractivity contribution in [3.8, 4) is 62.1 Å². The summed E-state index contributed by atoms with van der Waals surface area (Å²) in [7, 11) is 10.2. The van der Waals surface area contributed by atoms with Gasteiger partial charge in [0.2, 0.25) is 0 Å². The molecule has 0 aromatic heterocycles. The standard InChI is InChI=1S/C80H72N4O6/c1-9-73(85-3)39-10-55(2)81(62-19-11-56(12-20-62)57-13-21-63(22-14-57)82(66-27-40-74(86-4)41-28-66)67-29-42-75(87-5)43-30-67)71-37-50-79-60(53-71)52-61-54-72(38-51-80(61)79)84(70-35-48-78(90-8)49-36-70)65-25-17-59(18-26-65)58-15-23-64(24-16-58)83(68-31-44-76(88-6)45-32-68)69-33-46-77(89-7)47-34-69/h9-51,53-55H,52H2,1-8H3. The molecule has 0 bridgehead atoms. The fraction of sp³-hybridized carbons (Fsp3) is 0.125. The molecule has 1 aliphatic carbocycles. The van der Waals surface area contributed by atoms with Crippen LogP contribution in [0.4, 0.5) is 62.6 Å². The van der Waals surface area contributed by atoms with Gasteiger partial charge in [-0.2, -0.15) is 0 Å². The number of fused-ring (bicyclic) bond motifs is 3. The van der Waals surface area contributed by atoms with Gasteiger partial charge in [0.1, 0.15) is 34.5 Å². The van der Waals surface area contributed by atoms with Gasteiger partial charge in [-0.05, 0) is 271 Å². The summed E-state index contributed by atoms with van der Waals surface area (Å²) in [6.07, 6.45) is 7.04. The predicted octanol–water partition coefficient (Wildman–Crippen LogP) is 20.7. The van der Waals surface area contributed by atoms with E-state index in [1.165, 1.54) is 22.3 Å². The van der Waals surface area contributed by atoms with Crippen molar-refractivity contribution in [1.82, 2.24) is 0 Å². The monoisotopic (exact) mass is 1180 g/mol. The van der Waals surface area contributed by atoms with Gasteiger partial charge in [-0.15, -0.1) is 0 Å². The number of anilines is 11. The Bertz CT molecular complexity index is 4170. The lowest BCUT2D eigenvalue weighted by atomic mass is 10.0. The summed E-state index contributed by atoms with van der Waals surface area (Å²) in [6.45, 7) is 4.23. The lowest BCUT2D eigenvalue weighted by molar-refractivity contribution is 0.306. The minimum absolute atomic E-state index is 0.0278. The Balaban J connectivity index is 0.814. The van der Waals surface area contributed by atoms with Gasteiger partial charge < -0.3 is 48.0 Å². The number of nitrogens with zero attached hydrogens (tertiary/aromatic N) is 4. The second-order valence-electron chi connectivity index (χ2n) is 21.9. The third-order valence-corrected chi connectivity index (χ3v) is 16.7. The number of rotatable bonds is 22. The molecule has 0 saturated carbocycles. The zero-order valence-corrected chi connectivity index (χ0v) is 52.0. The molecule has 10 nitrogen and oxygen atoms in total. The van der Waals surface area contributed by atoms with Gasteiger partial charge in [-0.3, -0.25) is 0 Å². The number of allylic oxidation sites excluding steroid dienone is 2. The first kappa shape index (κ1) is 59.2. The molecule has 11 aromatic rings. The molecule has 0 fully saturated rings. The van der Waals surface area contributed by atoms with Crippen molar-refractivity contribution in [2.24, 2.45) is 0 Å². The van der Waals surface area contributed by atoms with Crippen LogP contribution in [0.5, 0.6) is 28.7 Å². The van der Waals surface area contributed by atoms with E-state index in [9.17, 15) is 0 Å². The molecular formula is C80H72N4O6. The number of methoxy groups -OCH3 is 6. The molecule has 0 aliphatic heterocycles. The van der Waals surface area contributed by atoms with Crippen LogP contribution >= 0.6 is 0 Å². The SMILES string of the molecule is CC=C(C=CC(C)N(c1ccc(-c2ccc(N(c3ccc(OC)cc3)c3ccc(OC)cc3)cc2)cc1)c1ccc2c(c1)Cc1cc(N(c3ccc(OC)cc3)c3ccc(-c4ccc(N(c5ccc(OC)cc5)c5ccc(OC)cc5)cc4)cc3)ccc1-2)OC. The van der Waals surface area contributed by atoms with E-state index in [0.29, 0.717) is 0 Å². The Morgan fingerprint density at radius 1 is 0.322 bits per heavy atom. The van der Waals surface area contributed by atoms with Gasteiger partial charge in [0.05, 0.1) is 42.7 Å². The first-order chi connectivity index (χ1) is 44.1. The van der Waals surface area contributed by atoms with Crippen LogP contribution < -0.4 is 43.3 Å². The topological polar surface area (TPSA) is 68.3 Å². The number of hydrogen-bond acceptors (Lipinski definition) is 10. The van der Waals surface area contributed by atoms with Gasteiger partial charge in [0.25, 0.3) is 0 Å². The largest absolute Gasteiger partial charge is 0.497 e. The van der Waals surface area contributed by atoms with Crippen LogP contribution in [-0.2, 0) is 11.2 Å².